The minimum atomic E-state index is 0.335. The molecule has 0 spiro atoms. The van der Waals surface area contributed by atoms with Crippen LogP contribution in [-0.2, 0) is 4.79 Å². The molecule has 0 radical (unpaired) electrons. The van der Waals surface area contributed by atoms with Crippen LogP contribution in [0.2, 0.25) is 0 Å². The molecule has 0 saturated carbocycles. The van der Waals surface area contributed by atoms with Crippen molar-refractivity contribution >= 4 is 5.91 Å². The van der Waals surface area contributed by atoms with Crippen molar-refractivity contribution in [3.8, 4) is 0 Å². The Hall–Kier alpha value is -0.570. The second-order valence-electron chi connectivity index (χ2n) is 5.67. The van der Waals surface area contributed by atoms with Crippen LogP contribution in [-0.4, -0.2) is 36.5 Å². The van der Waals surface area contributed by atoms with Gasteiger partial charge >= 0.3 is 0 Å². The summed E-state index contributed by atoms with van der Waals surface area (Å²) < 4.78 is 0. The zero-order valence-electron chi connectivity index (χ0n) is 11.1. The number of nitrogens with one attached hydrogen (secondary N) is 1. The van der Waals surface area contributed by atoms with Crippen LogP contribution in [0.25, 0.3) is 0 Å². The minimum Gasteiger partial charge on any atom is -0.337 e. The minimum absolute atomic E-state index is 0.335. The van der Waals surface area contributed by atoms with Gasteiger partial charge in [0, 0.05) is 32.1 Å². The molecule has 3 nitrogen and oxygen atoms in total. The Morgan fingerprint density at radius 3 is 2.56 bits per heavy atom. The second-order valence-corrected chi connectivity index (χ2v) is 5.67. The summed E-state index contributed by atoms with van der Waals surface area (Å²) >= 11 is 0. The average Bonchev–Trinajstić information content (AvgIpc) is 2.16. The summed E-state index contributed by atoms with van der Waals surface area (Å²) in [6.07, 6.45) is 1.80. The maximum atomic E-state index is 12.1. The molecule has 1 fully saturated rings. The van der Waals surface area contributed by atoms with Crippen molar-refractivity contribution in [2.24, 2.45) is 11.8 Å². The lowest BCUT2D eigenvalue weighted by molar-refractivity contribution is -0.135. The van der Waals surface area contributed by atoms with Crippen LogP contribution in [0, 0.1) is 11.8 Å². The first-order chi connectivity index (χ1) is 7.50. The summed E-state index contributed by atoms with van der Waals surface area (Å²) in [5.74, 6) is 1.45. The molecule has 1 atom stereocenters. The first-order valence-corrected chi connectivity index (χ1v) is 6.51. The quantitative estimate of drug-likeness (QED) is 0.794. The fraction of sp³-hybridized carbons (Fsp3) is 0.923. The van der Waals surface area contributed by atoms with Crippen molar-refractivity contribution in [1.29, 1.82) is 0 Å². The number of piperazine rings is 1. The number of rotatable bonds is 4. The van der Waals surface area contributed by atoms with Gasteiger partial charge in [-0.05, 0) is 18.3 Å². The number of hydrogen-bond acceptors (Lipinski definition) is 2. The highest BCUT2D eigenvalue weighted by Gasteiger charge is 2.26. The molecule has 16 heavy (non-hydrogen) atoms. The summed E-state index contributed by atoms with van der Waals surface area (Å²) in [5.41, 5.74) is 0. The van der Waals surface area contributed by atoms with Crippen molar-refractivity contribution in [3.63, 3.8) is 0 Å². The summed E-state index contributed by atoms with van der Waals surface area (Å²) in [5, 5.41) is 3.38. The zero-order chi connectivity index (χ0) is 12.1. The van der Waals surface area contributed by atoms with E-state index in [9.17, 15) is 4.79 Å². The van der Waals surface area contributed by atoms with Crippen LogP contribution in [0.4, 0.5) is 0 Å². The molecule has 0 bridgehead atoms. The molecule has 0 aromatic rings. The number of carbonyl (C=O) groups is 1. The van der Waals surface area contributed by atoms with E-state index in [4.69, 9.17) is 0 Å². The van der Waals surface area contributed by atoms with Gasteiger partial charge in [0.1, 0.15) is 0 Å². The SMILES string of the molecule is CC(C)CC(=O)N1CCNCC1CC(C)C. The van der Waals surface area contributed by atoms with Crippen LogP contribution in [0.15, 0.2) is 0 Å². The molecule has 1 saturated heterocycles. The lowest BCUT2D eigenvalue weighted by Gasteiger charge is -2.37. The highest BCUT2D eigenvalue weighted by Crippen LogP contribution is 2.16. The number of nitrogens with zero attached hydrogens (tertiary/aromatic N) is 1. The highest BCUT2D eigenvalue weighted by atomic mass is 16.2. The van der Waals surface area contributed by atoms with Gasteiger partial charge in [0.15, 0.2) is 0 Å². The average molecular weight is 226 g/mol. The van der Waals surface area contributed by atoms with Gasteiger partial charge in [0.25, 0.3) is 0 Å². The van der Waals surface area contributed by atoms with E-state index in [1.165, 1.54) is 0 Å². The maximum absolute atomic E-state index is 12.1. The molecular formula is C13H26N2O. The van der Waals surface area contributed by atoms with E-state index < -0.39 is 0 Å². The van der Waals surface area contributed by atoms with Crippen molar-refractivity contribution in [2.45, 2.75) is 46.6 Å². The molecule has 0 aromatic carbocycles. The standard InChI is InChI=1S/C13H26N2O/c1-10(2)7-12-9-14-5-6-15(12)13(16)8-11(3)4/h10-12,14H,5-9H2,1-4H3. The Kier molecular flexibility index (Phi) is 5.26. The number of hydrogen-bond donors (Lipinski definition) is 1. The molecule has 0 aliphatic carbocycles. The Labute approximate surface area is 99.6 Å². The van der Waals surface area contributed by atoms with E-state index in [0.717, 1.165) is 26.1 Å². The first kappa shape index (κ1) is 13.5. The summed E-state index contributed by atoms with van der Waals surface area (Å²) in [6, 6.07) is 0.403. The van der Waals surface area contributed by atoms with Crippen molar-refractivity contribution < 1.29 is 4.79 Å². The molecule has 1 rings (SSSR count). The topological polar surface area (TPSA) is 32.3 Å². The second kappa shape index (κ2) is 6.24. The predicted molar refractivity (Wildman–Crippen MR) is 67.3 cm³/mol. The van der Waals surface area contributed by atoms with Crippen molar-refractivity contribution in [3.05, 3.63) is 0 Å². The monoisotopic (exact) mass is 226 g/mol. The Balaban J connectivity index is 2.55. The summed E-state index contributed by atoms with van der Waals surface area (Å²) in [6.45, 7) is 11.4. The van der Waals surface area contributed by atoms with E-state index in [1.807, 2.05) is 0 Å². The Bertz CT molecular complexity index is 226. The van der Waals surface area contributed by atoms with Crippen LogP contribution in [0.3, 0.4) is 0 Å². The van der Waals surface area contributed by atoms with Gasteiger partial charge in [-0.1, -0.05) is 27.7 Å². The van der Waals surface area contributed by atoms with Gasteiger partial charge in [0.2, 0.25) is 5.91 Å². The van der Waals surface area contributed by atoms with E-state index in [1.54, 1.807) is 0 Å². The van der Waals surface area contributed by atoms with Crippen molar-refractivity contribution in [1.82, 2.24) is 10.2 Å². The van der Waals surface area contributed by atoms with E-state index in [-0.39, 0.29) is 0 Å². The molecule has 1 heterocycles. The Morgan fingerprint density at radius 1 is 1.31 bits per heavy atom. The molecule has 1 amide bonds. The maximum Gasteiger partial charge on any atom is 0.223 e. The number of carbonyl (C=O) groups excluding carboxylic acids is 1. The molecule has 0 aromatic heterocycles. The molecule has 3 heteroatoms. The van der Waals surface area contributed by atoms with Gasteiger partial charge in [-0.2, -0.15) is 0 Å². The molecular weight excluding hydrogens is 200 g/mol. The predicted octanol–water partition coefficient (Wildman–Crippen LogP) is 1.88. The molecule has 94 valence electrons. The normalized spacial score (nSPS) is 21.9. The zero-order valence-corrected chi connectivity index (χ0v) is 11.1. The van der Waals surface area contributed by atoms with Crippen LogP contribution < -0.4 is 5.32 Å². The van der Waals surface area contributed by atoms with Gasteiger partial charge in [-0.15, -0.1) is 0 Å². The molecule has 1 N–H and O–H groups in total. The van der Waals surface area contributed by atoms with E-state index in [0.29, 0.717) is 30.2 Å². The van der Waals surface area contributed by atoms with E-state index >= 15 is 0 Å². The highest BCUT2D eigenvalue weighted by molar-refractivity contribution is 5.76. The third-order valence-electron chi connectivity index (χ3n) is 3.00. The van der Waals surface area contributed by atoms with Crippen LogP contribution in [0.1, 0.15) is 40.5 Å². The lowest BCUT2D eigenvalue weighted by Crippen LogP contribution is -2.54. The summed E-state index contributed by atoms with van der Waals surface area (Å²) in [7, 11) is 0. The van der Waals surface area contributed by atoms with Crippen LogP contribution in [0.5, 0.6) is 0 Å². The molecule has 1 unspecified atom stereocenters. The molecule has 1 aliphatic heterocycles. The number of amides is 1. The van der Waals surface area contributed by atoms with Crippen LogP contribution >= 0.6 is 0 Å². The van der Waals surface area contributed by atoms with Gasteiger partial charge < -0.3 is 10.2 Å². The summed E-state index contributed by atoms with van der Waals surface area (Å²) in [4.78, 5) is 14.2. The first-order valence-electron chi connectivity index (χ1n) is 6.51. The third kappa shape index (κ3) is 4.12. The van der Waals surface area contributed by atoms with Gasteiger partial charge in [-0.25, -0.2) is 0 Å². The Morgan fingerprint density at radius 2 is 2.00 bits per heavy atom. The van der Waals surface area contributed by atoms with Gasteiger partial charge in [0.05, 0.1) is 0 Å². The van der Waals surface area contributed by atoms with Gasteiger partial charge in [-0.3, -0.25) is 4.79 Å². The molecule has 1 aliphatic rings. The fourth-order valence-corrected chi connectivity index (χ4v) is 2.31. The largest absolute Gasteiger partial charge is 0.337 e. The lowest BCUT2D eigenvalue weighted by atomic mass is 9.99. The van der Waals surface area contributed by atoms with Crippen molar-refractivity contribution in [2.75, 3.05) is 19.6 Å². The smallest absolute Gasteiger partial charge is 0.223 e. The third-order valence-corrected chi connectivity index (χ3v) is 3.00. The fourth-order valence-electron chi connectivity index (χ4n) is 2.31. The van der Waals surface area contributed by atoms with E-state index in [2.05, 4.69) is 37.9 Å².